The van der Waals surface area contributed by atoms with Crippen molar-refractivity contribution in [1.82, 2.24) is 4.90 Å². The second-order valence-electron chi connectivity index (χ2n) is 6.02. The summed E-state index contributed by atoms with van der Waals surface area (Å²) in [6.45, 7) is 1.18. The summed E-state index contributed by atoms with van der Waals surface area (Å²) in [5.74, 6) is 0.123. The van der Waals surface area contributed by atoms with E-state index < -0.39 is 0 Å². The third kappa shape index (κ3) is 3.97. The van der Waals surface area contributed by atoms with Crippen LogP contribution < -0.4 is 10.6 Å². The first kappa shape index (κ1) is 15.8. The van der Waals surface area contributed by atoms with Crippen molar-refractivity contribution in [2.75, 3.05) is 32.1 Å². The van der Waals surface area contributed by atoms with Gasteiger partial charge in [0, 0.05) is 44.5 Å². The third-order valence-corrected chi connectivity index (χ3v) is 4.28. The molecule has 1 fully saturated rings. The van der Waals surface area contributed by atoms with E-state index in [0.717, 1.165) is 24.1 Å². The Morgan fingerprint density at radius 1 is 1.14 bits per heavy atom. The highest BCUT2D eigenvalue weighted by atomic mass is 16.2. The molecule has 1 amide bonds. The lowest BCUT2D eigenvalue weighted by Crippen LogP contribution is -2.44. The first-order chi connectivity index (χ1) is 10.1. The number of anilines is 1. The lowest BCUT2D eigenvalue weighted by Gasteiger charge is -2.34. The number of carbonyl (C=O) groups is 1. The first-order valence-electron chi connectivity index (χ1n) is 7.92. The van der Waals surface area contributed by atoms with E-state index in [0.29, 0.717) is 19.1 Å². The van der Waals surface area contributed by atoms with Crippen molar-refractivity contribution in [1.29, 1.82) is 0 Å². The predicted octanol–water partition coefficient (Wildman–Crippen LogP) is 2.49. The van der Waals surface area contributed by atoms with Crippen LogP contribution in [0.2, 0.25) is 0 Å². The fraction of sp³-hybridized carbons (Fsp3) is 0.588. The van der Waals surface area contributed by atoms with E-state index in [1.54, 1.807) is 0 Å². The minimum atomic E-state index is 0.123. The molecule has 1 aliphatic carbocycles. The zero-order chi connectivity index (χ0) is 15.2. The summed E-state index contributed by atoms with van der Waals surface area (Å²) in [5, 5.41) is 0. The average molecular weight is 289 g/mol. The molecular weight excluding hydrogens is 262 g/mol. The Labute approximate surface area is 127 Å². The minimum Gasteiger partial charge on any atom is -0.378 e. The van der Waals surface area contributed by atoms with Crippen molar-refractivity contribution in [3.05, 3.63) is 29.8 Å². The van der Waals surface area contributed by atoms with Crippen LogP contribution in [0.3, 0.4) is 0 Å². The van der Waals surface area contributed by atoms with Crippen LogP contribution in [0.4, 0.5) is 5.69 Å². The van der Waals surface area contributed by atoms with Gasteiger partial charge in [-0.3, -0.25) is 4.79 Å². The molecular formula is C17H27N3O. The Kier molecular flexibility index (Phi) is 5.62. The van der Waals surface area contributed by atoms with E-state index in [1.807, 2.05) is 48.2 Å². The maximum absolute atomic E-state index is 12.8. The number of nitrogens with zero attached hydrogens (tertiary/aromatic N) is 2. The van der Waals surface area contributed by atoms with Crippen LogP contribution in [-0.4, -0.2) is 44.0 Å². The molecule has 2 rings (SSSR count). The van der Waals surface area contributed by atoms with Crippen molar-refractivity contribution < 1.29 is 4.79 Å². The van der Waals surface area contributed by atoms with E-state index in [4.69, 9.17) is 5.73 Å². The van der Waals surface area contributed by atoms with Gasteiger partial charge in [0.1, 0.15) is 0 Å². The molecule has 0 unspecified atom stereocenters. The van der Waals surface area contributed by atoms with Gasteiger partial charge in [-0.15, -0.1) is 0 Å². The molecule has 0 aromatic heterocycles. The molecule has 2 N–H and O–H groups in total. The molecule has 1 saturated carbocycles. The second kappa shape index (κ2) is 7.46. The summed E-state index contributed by atoms with van der Waals surface area (Å²) in [6.07, 6.45) is 5.96. The molecule has 21 heavy (non-hydrogen) atoms. The zero-order valence-electron chi connectivity index (χ0n) is 13.2. The second-order valence-corrected chi connectivity index (χ2v) is 6.02. The van der Waals surface area contributed by atoms with Crippen molar-refractivity contribution in [2.24, 2.45) is 5.73 Å². The van der Waals surface area contributed by atoms with Crippen LogP contribution in [0.1, 0.15) is 42.5 Å². The van der Waals surface area contributed by atoms with Gasteiger partial charge in [0.25, 0.3) is 5.91 Å². The molecule has 0 bridgehead atoms. The summed E-state index contributed by atoms with van der Waals surface area (Å²) < 4.78 is 0. The van der Waals surface area contributed by atoms with Crippen molar-refractivity contribution in [2.45, 2.75) is 38.1 Å². The first-order valence-corrected chi connectivity index (χ1v) is 7.92. The van der Waals surface area contributed by atoms with Gasteiger partial charge in [0.15, 0.2) is 0 Å². The highest BCUT2D eigenvalue weighted by Crippen LogP contribution is 2.24. The smallest absolute Gasteiger partial charge is 0.254 e. The Morgan fingerprint density at radius 3 is 2.29 bits per heavy atom. The molecule has 0 saturated heterocycles. The molecule has 1 aromatic carbocycles. The third-order valence-electron chi connectivity index (χ3n) is 4.28. The van der Waals surface area contributed by atoms with E-state index >= 15 is 0 Å². The van der Waals surface area contributed by atoms with E-state index in [1.165, 1.54) is 19.3 Å². The number of nitrogens with two attached hydrogens (primary N) is 1. The topological polar surface area (TPSA) is 49.6 Å². The Balaban J connectivity index is 2.13. The summed E-state index contributed by atoms with van der Waals surface area (Å²) in [5.41, 5.74) is 7.58. The molecule has 4 heteroatoms. The number of hydrogen-bond donors (Lipinski definition) is 1. The van der Waals surface area contributed by atoms with E-state index in [2.05, 4.69) is 0 Å². The van der Waals surface area contributed by atoms with E-state index in [9.17, 15) is 4.79 Å². The van der Waals surface area contributed by atoms with Crippen LogP contribution in [0.5, 0.6) is 0 Å². The van der Waals surface area contributed by atoms with Crippen LogP contribution in [0.15, 0.2) is 24.3 Å². The summed E-state index contributed by atoms with van der Waals surface area (Å²) in [4.78, 5) is 16.8. The molecule has 1 aromatic rings. The van der Waals surface area contributed by atoms with Gasteiger partial charge >= 0.3 is 0 Å². The van der Waals surface area contributed by atoms with Gasteiger partial charge in [0.05, 0.1) is 0 Å². The van der Waals surface area contributed by atoms with Crippen molar-refractivity contribution >= 4 is 11.6 Å². The molecule has 0 radical (unpaired) electrons. The lowest BCUT2D eigenvalue weighted by molar-refractivity contribution is 0.0641. The van der Waals surface area contributed by atoms with Gasteiger partial charge in [-0.05, 0) is 37.1 Å². The van der Waals surface area contributed by atoms with Gasteiger partial charge in [-0.25, -0.2) is 0 Å². The van der Waals surface area contributed by atoms with Crippen LogP contribution in [-0.2, 0) is 0 Å². The number of benzene rings is 1. The fourth-order valence-corrected chi connectivity index (χ4v) is 3.05. The largest absolute Gasteiger partial charge is 0.378 e. The van der Waals surface area contributed by atoms with E-state index in [-0.39, 0.29) is 5.91 Å². The maximum Gasteiger partial charge on any atom is 0.254 e. The van der Waals surface area contributed by atoms with Gasteiger partial charge in [-0.2, -0.15) is 0 Å². The molecule has 116 valence electrons. The Hall–Kier alpha value is -1.55. The number of carbonyl (C=O) groups excluding carboxylic acids is 1. The quantitative estimate of drug-likeness (QED) is 0.906. The SMILES string of the molecule is CN(C)c1ccc(C(=O)N(CCN)C2CCCCC2)cc1. The van der Waals surface area contributed by atoms with Crippen molar-refractivity contribution in [3.63, 3.8) is 0 Å². The summed E-state index contributed by atoms with van der Waals surface area (Å²) >= 11 is 0. The number of hydrogen-bond acceptors (Lipinski definition) is 3. The van der Waals surface area contributed by atoms with Crippen molar-refractivity contribution in [3.8, 4) is 0 Å². The van der Waals surface area contributed by atoms with Gasteiger partial charge in [0.2, 0.25) is 0 Å². The molecule has 0 spiro atoms. The number of rotatable bonds is 5. The lowest BCUT2D eigenvalue weighted by atomic mass is 9.93. The van der Waals surface area contributed by atoms with Crippen LogP contribution in [0.25, 0.3) is 0 Å². The molecule has 4 nitrogen and oxygen atoms in total. The molecule has 1 aliphatic rings. The minimum absolute atomic E-state index is 0.123. The molecule has 0 heterocycles. The van der Waals surface area contributed by atoms with Crippen LogP contribution >= 0.6 is 0 Å². The summed E-state index contributed by atoms with van der Waals surface area (Å²) in [6, 6.07) is 8.20. The standard InChI is InChI=1S/C17H27N3O/c1-19(2)15-10-8-14(9-11-15)17(21)20(13-12-18)16-6-4-3-5-7-16/h8-11,16H,3-7,12-13,18H2,1-2H3. The number of amides is 1. The molecule has 0 atom stereocenters. The normalized spacial score (nSPS) is 15.8. The van der Waals surface area contributed by atoms with Crippen LogP contribution in [0, 0.1) is 0 Å². The highest BCUT2D eigenvalue weighted by Gasteiger charge is 2.25. The Morgan fingerprint density at radius 2 is 1.76 bits per heavy atom. The maximum atomic E-state index is 12.8. The predicted molar refractivity (Wildman–Crippen MR) is 87.7 cm³/mol. The monoisotopic (exact) mass is 289 g/mol. The Bertz CT molecular complexity index is 450. The average Bonchev–Trinajstić information content (AvgIpc) is 2.53. The van der Waals surface area contributed by atoms with Gasteiger partial charge in [-0.1, -0.05) is 19.3 Å². The highest BCUT2D eigenvalue weighted by molar-refractivity contribution is 5.94. The fourth-order valence-electron chi connectivity index (χ4n) is 3.05. The zero-order valence-corrected chi connectivity index (χ0v) is 13.2. The molecule has 0 aliphatic heterocycles. The summed E-state index contributed by atoms with van der Waals surface area (Å²) in [7, 11) is 4.00. The van der Waals surface area contributed by atoms with Gasteiger partial charge < -0.3 is 15.5 Å².